The van der Waals surface area contributed by atoms with Gasteiger partial charge in [-0.3, -0.25) is 0 Å². The number of halogens is 25. The quantitative estimate of drug-likeness (QED) is 0.0936. The van der Waals surface area contributed by atoms with Crippen LogP contribution in [-0.2, 0) is 49.4 Å². The van der Waals surface area contributed by atoms with Crippen LogP contribution in [0.2, 0.25) is 0 Å². The van der Waals surface area contributed by atoms with Gasteiger partial charge in [-0.25, -0.2) is 0 Å². The molecule has 1 heterocycles. The van der Waals surface area contributed by atoms with E-state index >= 15 is 0 Å². The molecule has 0 N–H and O–H groups in total. The van der Waals surface area contributed by atoms with E-state index in [-0.39, 0.29) is 21.2 Å². The van der Waals surface area contributed by atoms with E-state index < -0.39 is 195 Å². The Labute approximate surface area is 432 Å². The molecule has 0 fully saturated rings. The molecule has 0 radical (unpaired) electrons. The van der Waals surface area contributed by atoms with Gasteiger partial charge in [-0.2, -0.15) is 127 Å². The molecule has 78 heavy (non-hydrogen) atoms. The first-order valence-electron chi connectivity index (χ1n) is 21.7. The lowest BCUT2D eigenvalue weighted by atomic mass is 9.12. The zero-order chi connectivity index (χ0) is 57.7. The Morgan fingerprint density at radius 1 is 0.244 bits per heavy atom. The summed E-state index contributed by atoms with van der Waals surface area (Å²) in [6, 6.07) is 18.0. The van der Waals surface area contributed by atoms with E-state index in [4.69, 9.17) is 0 Å². The average molecular weight is 1240 g/mol. The molecule has 0 saturated heterocycles. The summed E-state index contributed by atoms with van der Waals surface area (Å²) in [4.78, 5) is 0. The highest BCUT2D eigenvalue weighted by Gasteiger charge is 2.47. The summed E-state index contributed by atoms with van der Waals surface area (Å²) < 4.78 is 344. The van der Waals surface area contributed by atoms with E-state index in [1.165, 1.54) is 32.7 Å². The lowest BCUT2D eigenvalue weighted by molar-refractivity contribution is -0.589. The van der Waals surface area contributed by atoms with Gasteiger partial charge in [0.25, 0.3) is 0 Å². The fraction of sp³-hybridized carbons (Fsp3) is 0.154. The number of benzene rings is 8. The maximum absolute atomic E-state index is 14.2. The van der Waals surface area contributed by atoms with Gasteiger partial charge in [0.15, 0.2) is 0 Å². The molecule has 410 valence electrons. The van der Waals surface area contributed by atoms with Crippen LogP contribution in [0.4, 0.5) is 105 Å². The predicted octanol–water partition coefficient (Wildman–Crippen LogP) is 13.3. The topological polar surface area (TPSA) is 0 Å². The van der Waals surface area contributed by atoms with Gasteiger partial charge in [0.2, 0.25) is 7.14 Å². The molecular weight excluding hydrogens is 1220 g/mol. The molecule has 0 amide bonds. The lowest BCUT2D eigenvalue weighted by Crippen LogP contribution is -3.61. The SMILES string of the molecule is FC(F)(F)c1cc([B-](c2cc(C(F)(F)F)cc(C(F)(F)F)c2)(c2cc(C(F)(F)F)cc(C(F)(F)F)c2)c2cc(C(F)(F)F)cc(C(F)(F)F)c2)cc(C(F)(F)F)c1.c1ccc2c3c(ccc2c1)[I+]c1ccc2ccccc2c1-3. The Kier molecular flexibility index (Phi) is 14.3. The first-order valence-corrected chi connectivity index (χ1v) is 23.9. The number of hydrogen-bond acceptors (Lipinski definition) is 0. The summed E-state index contributed by atoms with van der Waals surface area (Å²) in [7, 11) is 0. The highest BCUT2D eigenvalue weighted by atomic mass is 127. The number of fused-ring (bicyclic) bond motifs is 7. The molecule has 0 unspecified atom stereocenters. The number of rotatable bonds is 4. The standard InChI is InChI=1S/C32H12BF24.C20H12I/c34-25(35,36)13-1-14(26(37,38)39)6-21(5-13)33(22-7-15(27(40,41)42)2-16(8-22)28(43,44)45,23-9-17(29(46,47)48)3-18(10-23)30(49,50)51)24-11-19(31(52,53)54)4-20(12-24)32(55,56)57;1-3-7-15-13(5-1)9-11-17-19(15)20-16-8-4-2-6-14(16)10-12-18(20)21-17/h1-12H;1-12H/q-1;+1. The molecule has 1 aliphatic heterocycles. The van der Waals surface area contributed by atoms with Crippen molar-refractivity contribution in [3.63, 3.8) is 0 Å². The van der Waals surface area contributed by atoms with Crippen LogP contribution in [0.25, 0.3) is 32.7 Å². The van der Waals surface area contributed by atoms with Crippen molar-refractivity contribution in [2.75, 3.05) is 0 Å². The van der Waals surface area contributed by atoms with E-state index in [1.807, 2.05) is 0 Å². The maximum atomic E-state index is 14.2. The maximum Gasteiger partial charge on any atom is 0.416 e. The summed E-state index contributed by atoms with van der Waals surface area (Å²) in [5.74, 6) is 0. The molecule has 0 atom stereocenters. The summed E-state index contributed by atoms with van der Waals surface area (Å²) in [6.07, 6.45) is -54.8. The molecule has 0 spiro atoms. The second-order valence-corrected chi connectivity index (χ2v) is 20.5. The fourth-order valence-electron chi connectivity index (χ4n) is 9.34. The largest absolute Gasteiger partial charge is 0.416 e. The van der Waals surface area contributed by atoms with Crippen molar-refractivity contribution in [1.82, 2.24) is 0 Å². The van der Waals surface area contributed by atoms with E-state index in [9.17, 15) is 105 Å². The summed E-state index contributed by atoms with van der Waals surface area (Å²) in [5, 5.41) is 5.51. The number of hydrogen-bond donors (Lipinski definition) is 0. The van der Waals surface area contributed by atoms with Gasteiger partial charge in [0.1, 0.15) is 6.15 Å². The van der Waals surface area contributed by atoms with Crippen LogP contribution < -0.4 is 43.1 Å². The third-order valence-corrected chi connectivity index (χ3v) is 15.6. The van der Waals surface area contributed by atoms with Gasteiger partial charge in [0.05, 0.1) is 44.5 Å². The molecular formula is C52H24BF24I. The van der Waals surface area contributed by atoms with Gasteiger partial charge in [0, 0.05) is 11.1 Å². The van der Waals surface area contributed by atoms with Gasteiger partial charge in [-0.1, -0.05) is 97.1 Å². The smallest absolute Gasteiger partial charge is 0.194 e. The molecule has 1 aliphatic rings. The molecule has 9 rings (SSSR count). The van der Waals surface area contributed by atoms with Crippen LogP contribution in [0.1, 0.15) is 44.5 Å². The summed E-state index contributed by atoms with van der Waals surface area (Å²) >= 11 is -0.0469. The monoisotopic (exact) mass is 1240 g/mol. The van der Waals surface area contributed by atoms with Gasteiger partial charge in [-0.05, 0) is 70.1 Å². The Morgan fingerprint density at radius 2 is 0.449 bits per heavy atom. The molecule has 0 aliphatic carbocycles. The average Bonchev–Trinajstić information content (AvgIpc) is 3.86. The molecule has 26 heteroatoms. The minimum atomic E-state index is -6.13. The van der Waals surface area contributed by atoms with Crippen molar-refractivity contribution in [3.05, 3.63) is 197 Å². The molecule has 0 aromatic heterocycles. The van der Waals surface area contributed by atoms with E-state index in [2.05, 4.69) is 72.8 Å². The third kappa shape index (κ3) is 11.3. The number of alkyl halides is 24. The van der Waals surface area contributed by atoms with E-state index in [1.54, 1.807) is 7.14 Å². The minimum Gasteiger partial charge on any atom is -0.194 e. The molecule has 0 saturated carbocycles. The first-order chi connectivity index (χ1) is 35.7. The van der Waals surface area contributed by atoms with Gasteiger partial charge in [-0.15, -0.1) is 0 Å². The van der Waals surface area contributed by atoms with Crippen LogP contribution in [0, 0.1) is 7.14 Å². The van der Waals surface area contributed by atoms with Crippen LogP contribution in [-0.4, -0.2) is 6.15 Å². The zero-order valence-electron chi connectivity index (χ0n) is 37.9. The van der Waals surface area contributed by atoms with Crippen LogP contribution >= 0.6 is 0 Å². The molecule has 8 aromatic carbocycles. The third-order valence-electron chi connectivity index (χ3n) is 12.6. The highest BCUT2D eigenvalue weighted by molar-refractivity contribution is 7.20. The second kappa shape index (κ2) is 19.3. The fourth-order valence-corrected chi connectivity index (χ4v) is 12.3. The summed E-state index contributed by atoms with van der Waals surface area (Å²) in [5.41, 5.74) is -27.2. The Hall–Kier alpha value is -6.61. The minimum absolute atomic E-state index is 0.0469. The zero-order valence-corrected chi connectivity index (χ0v) is 40.0. The summed E-state index contributed by atoms with van der Waals surface area (Å²) in [6.45, 7) is 0. The second-order valence-electron chi connectivity index (χ2n) is 17.6. The highest BCUT2D eigenvalue weighted by Crippen LogP contribution is 2.42. The van der Waals surface area contributed by atoms with E-state index in [0.29, 0.717) is 0 Å². The van der Waals surface area contributed by atoms with Gasteiger partial charge < -0.3 is 0 Å². The van der Waals surface area contributed by atoms with Crippen molar-refractivity contribution in [1.29, 1.82) is 0 Å². The predicted molar refractivity (Wildman–Crippen MR) is 234 cm³/mol. The van der Waals surface area contributed by atoms with Crippen molar-refractivity contribution >= 4 is 49.5 Å². The molecule has 0 bridgehead atoms. The van der Waals surface area contributed by atoms with Crippen molar-refractivity contribution in [2.45, 2.75) is 49.4 Å². The van der Waals surface area contributed by atoms with Gasteiger partial charge >= 0.3 is 70.6 Å². The Balaban J connectivity index is 0.000000311. The van der Waals surface area contributed by atoms with Crippen LogP contribution in [0.5, 0.6) is 0 Å². The van der Waals surface area contributed by atoms with Crippen molar-refractivity contribution < 1.29 is 127 Å². The van der Waals surface area contributed by atoms with Crippen LogP contribution in [0.3, 0.4) is 0 Å². The Morgan fingerprint density at radius 3 is 0.654 bits per heavy atom. The van der Waals surface area contributed by atoms with Crippen molar-refractivity contribution in [2.24, 2.45) is 0 Å². The van der Waals surface area contributed by atoms with Crippen LogP contribution in [0.15, 0.2) is 146 Å². The van der Waals surface area contributed by atoms with E-state index in [0.717, 1.165) is 0 Å². The lowest BCUT2D eigenvalue weighted by Gasteiger charge is -2.46. The molecule has 8 aromatic rings. The van der Waals surface area contributed by atoms with Crippen molar-refractivity contribution in [3.8, 4) is 11.1 Å². The first kappa shape index (κ1) is 57.6. The molecule has 0 nitrogen and oxygen atoms in total. The normalized spacial score (nSPS) is 13.8. The Bertz CT molecular complexity index is 3090.